The number of methoxy groups -OCH3 is 1. The monoisotopic (exact) mass is 559 g/mol. The van der Waals surface area contributed by atoms with Crippen molar-refractivity contribution in [3.05, 3.63) is 47.7 Å². The van der Waals surface area contributed by atoms with E-state index in [2.05, 4.69) is 16.8 Å². The summed E-state index contributed by atoms with van der Waals surface area (Å²) in [6.07, 6.45) is 1.31. The third-order valence-electron chi connectivity index (χ3n) is 6.65. The zero-order valence-electron chi connectivity index (χ0n) is 23.0. The summed E-state index contributed by atoms with van der Waals surface area (Å²) >= 11 is 0. The van der Waals surface area contributed by atoms with Crippen LogP contribution in [0.5, 0.6) is 11.6 Å². The summed E-state index contributed by atoms with van der Waals surface area (Å²) in [5.41, 5.74) is 0.586. The lowest BCUT2D eigenvalue weighted by atomic mass is 10.0. The van der Waals surface area contributed by atoms with Gasteiger partial charge >= 0.3 is 0 Å². The van der Waals surface area contributed by atoms with Gasteiger partial charge in [-0.3, -0.25) is 4.79 Å². The van der Waals surface area contributed by atoms with Gasteiger partial charge < -0.3 is 24.6 Å². The summed E-state index contributed by atoms with van der Waals surface area (Å²) in [6.45, 7) is 5.51. The molecule has 2 aromatic rings. The maximum absolute atomic E-state index is 13.5. The number of rotatable bonds is 9. The molecule has 0 fully saturated rings. The van der Waals surface area contributed by atoms with Crippen LogP contribution in [-0.4, -0.2) is 90.8 Å². The summed E-state index contributed by atoms with van der Waals surface area (Å²) in [5, 5.41) is 19.8. The van der Waals surface area contributed by atoms with E-state index in [0.29, 0.717) is 17.7 Å². The Bertz CT molecular complexity index is 1320. The fourth-order valence-electron chi connectivity index (χ4n) is 4.19. The number of pyridine rings is 1. The average molecular weight is 560 g/mol. The number of likely N-dealkylation sites (N-methyl/N-ethyl adjacent to an activating group) is 1. The molecule has 1 aromatic carbocycles. The number of carbonyl (C=O) groups is 1. The molecule has 0 saturated carbocycles. The summed E-state index contributed by atoms with van der Waals surface area (Å²) in [6, 6.07) is 7.28. The molecule has 1 aliphatic heterocycles. The molecular formula is C28H37N3O7S. The number of sulfonamides is 1. The smallest absolute Gasteiger partial charge is 0.259 e. The van der Waals surface area contributed by atoms with Gasteiger partial charge in [-0.1, -0.05) is 38.2 Å². The van der Waals surface area contributed by atoms with Crippen molar-refractivity contribution in [2.24, 2.45) is 5.92 Å². The van der Waals surface area contributed by atoms with E-state index in [0.717, 1.165) is 6.42 Å². The Hall–Kier alpha value is -3.17. The highest BCUT2D eigenvalue weighted by molar-refractivity contribution is 7.89. The van der Waals surface area contributed by atoms with Gasteiger partial charge in [0.05, 0.1) is 31.2 Å². The number of nitrogens with zero attached hydrogens (tertiary/aromatic N) is 3. The van der Waals surface area contributed by atoms with Crippen LogP contribution in [0.2, 0.25) is 0 Å². The van der Waals surface area contributed by atoms with Gasteiger partial charge in [0.25, 0.3) is 5.91 Å². The Morgan fingerprint density at radius 1 is 1.33 bits per heavy atom. The molecule has 1 unspecified atom stereocenters. The molecule has 212 valence electrons. The maximum atomic E-state index is 13.5. The number of aliphatic hydroxyl groups is 2. The molecular weight excluding hydrogens is 522 g/mol. The van der Waals surface area contributed by atoms with Gasteiger partial charge in [0.15, 0.2) is 0 Å². The van der Waals surface area contributed by atoms with Crippen molar-refractivity contribution in [1.29, 1.82) is 0 Å². The molecule has 0 aliphatic carbocycles. The third-order valence-corrected chi connectivity index (χ3v) is 8.47. The molecule has 1 aliphatic rings. The van der Waals surface area contributed by atoms with E-state index in [4.69, 9.17) is 9.47 Å². The van der Waals surface area contributed by atoms with Crippen molar-refractivity contribution in [3.63, 3.8) is 0 Å². The first kappa shape index (κ1) is 30.4. The number of aromatic nitrogens is 1. The predicted octanol–water partition coefficient (Wildman–Crippen LogP) is 2.14. The maximum Gasteiger partial charge on any atom is 0.259 e. The van der Waals surface area contributed by atoms with Crippen LogP contribution in [0, 0.1) is 17.8 Å². The van der Waals surface area contributed by atoms with Crippen LogP contribution in [0.1, 0.15) is 49.5 Å². The largest absolute Gasteiger partial charge is 0.497 e. The summed E-state index contributed by atoms with van der Waals surface area (Å²) in [5.74, 6) is 5.41. The van der Waals surface area contributed by atoms with E-state index < -0.39 is 28.3 Å². The van der Waals surface area contributed by atoms with Crippen molar-refractivity contribution >= 4 is 15.9 Å². The van der Waals surface area contributed by atoms with Gasteiger partial charge in [-0.05, 0) is 31.5 Å². The summed E-state index contributed by atoms with van der Waals surface area (Å²) in [4.78, 5) is 19.5. The average Bonchev–Trinajstić information content (AvgIpc) is 2.93. The Kier molecular flexibility index (Phi) is 10.3. The highest BCUT2D eigenvalue weighted by Crippen LogP contribution is 2.28. The molecule has 3 rings (SSSR count). The molecule has 1 aromatic heterocycles. The standard InChI is InChI=1S/C28H37N3O7S/c1-6-8-22(33)12-11-21-13-25-27(29-15-21)38-26(19(2)16-31(28(25)34)20(3)18-32)17-30(4)39(35,36)24-10-7-9-23(14-24)37-5/h7,9-10,13-15,19-20,22,26,32-33H,6,8,16-18H2,1-5H3/t19-,20+,22?,26-/m0/s1. The minimum absolute atomic E-state index is 0.0118. The quantitative estimate of drug-likeness (QED) is 0.447. The molecule has 0 saturated heterocycles. The lowest BCUT2D eigenvalue weighted by molar-refractivity contribution is 0.0373. The first-order chi connectivity index (χ1) is 18.5. The Morgan fingerprint density at radius 3 is 2.74 bits per heavy atom. The number of hydrogen-bond donors (Lipinski definition) is 2. The molecule has 1 amide bonds. The number of ether oxygens (including phenoxy) is 2. The SMILES string of the molecule is CCCC(O)C#Cc1cnc2c(c1)C(=O)N([C@H](C)CO)C[C@H](C)[C@H](CN(C)S(=O)(=O)c1cccc(OC)c1)O2. The second kappa shape index (κ2) is 13.3. The first-order valence-electron chi connectivity index (χ1n) is 12.9. The van der Waals surface area contributed by atoms with Gasteiger partial charge in [0.2, 0.25) is 15.9 Å². The van der Waals surface area contributed by atoms with Crippen molar-refractivity contribution in [1.82, 2.24) is 14.2 Å². The van der Waals surface area contributed by atoms with Crippen LogP contribution in [-0.2, 0) is 10.0 Å². The third kappa shape index (κ3) is 7.28. The minimum Gasteiger partial charge on any atom is -0.497 e. The van der Waals surface area contributed by atoms with E-state index in [1.165, 1.54) is 36.8 Å². The molecule has 0 radical (unpaired) electrons. The van der Waals surface area contributed by atoms with Crippen LogP contribution in [0.3, 0.4) is 0 Å². The number of amides is 1. The topological polar surface area (TPSA) is 130 Å². The van der Waals surface area contributed by atoms with Crippen LogP contribution in [0.15, 0.2) is 41.4 Å². The number of benzene rings is 1. The van der Waals surface area contributed by atoms with Crippen LogP contribution in [0.25, 0.3) is 0 Å². The van der Waals surface area contributed by atoms with Crippen LogP contribution < -0.4 is 9.47 Å². The summed E-state index contributed by atoms with van der Waals surface area (Å²) < 4.78 is 39.3. The Labute approximate surface area is 230 Å². The molecule has 0 bridgehead atoms. The van der Waals surface area contributed by atoms with Gasteiger partial charge in [-0.25, -0.2) is 13.4 Å². The van der Waals surface area contributed by atoms with Crippen molar-refractivity contribution in [2.45, 2.75) is 56.8 Å². The number of fused-ring (bicyclic) bond motifs is 1. The van der Waals surface area contributed by atoms with Gasteiger partial charge in [-0.2, -0.15) is 4.31 Å². The fourth-order valence-corrected chi connectivity index (χ4v) is 5.41. The van der Waals surface area contributed by atoms with Crippen molar-refractivity contribution in [2.75, 3.05) is 33.9 Å². The molecule has 11 heteroatoms. The number of hydrogen-bond acceptors (Lipinski definition) is 8. The second-order valence-corrected chi connectivity index (χ2v) is 11.8. The van der Waals surface area contributed by atoms with E-state index in [1.807, 2.05) is 13.8 Å². The zero-order valence-corrected chi connectivity index (χ0v) is 23.8. The van der Waals surface area contributed by atoms with E-state index in [9.17, 15) is 23.4 Å². The summed E-state index contributed by atoms with van der Waals surface area (Å²) in [7, 11) is -0.938. The highest BCUT2D eigenvalue weighted by Gasteiger charge is 2.36. The Morgan fingerprint density at radius 2 is 2.08 bits per heavy atom. The number of aliphatic hydroxyl groups excluding tert-OH is 2. The normalized spacial score (nSPS) is 19.2. The lowest BCUT2D eigenvalue weighted by Crippen LogP contribution is -2.50. The van der Waals surface area contributed by atoms with Gasteiger partial charge in [-0.15, -0.1) is 0 Å². The van der Waals surface area contributed by atoms with Crippen molar-refractivity contribution < 1.29 is 32.9 Å². The number of carbonyl (C=O) groups excluding carboxylic acids is 1. The first-order valence-corrected chi connectivity index (χ1v) is 14.3. The van der Waals surface area contributed by atoms with E-state index in [-0.39, 0.29) is 47.9 Å². The van der Waals surface area contributed by atoms with E-state index in [1.54, 1.807) is 30.0 Å². The van der Waals surface area contributed by atoms with Crippen molar-refractivity contribution in [3.8, 4) is 23.5 Å². The van der Waals surface area contributed by atoms with E-state index >= 15 is 0 Å². The van der Waals surface area contributed by atoms with Gasteiger partial charge in [0.1, 0.15) is 23.5 Å². The minimum atomic E-state index is -3.87. The molecule has 2 heterocycles. The second-order valence-electron chi connectivity index (χ2n) is 9.74. The molecule has 39 heavy (non-hydrogen) atoms. The van der Waals surface area contributed by atoms with Gasteiger partial charge in [0, 0.05) is 37.3 Å². The molecule has 0 spiro atoms. The fraction of sp³-hybridized carbons (Fsp3) is 0.500. The Balaban J connectivity index is 1.97. The lowest BCUT2D eigenvalue weighted by Gasteiger charge is -2.37. The van der Waals surface area contributed by atoms with Crippen LogP contribution >= 0.6 is 0 Å². The van der Waals surface area contributed by atoms with Crippen LogP contribution in [0.4, 0.5) is 0 Å². The molecule has 2 N–H and O–H groups in total. The molecule has 10 nitrogen and oxygen atoms in total. The highest BCUT2D eigenvalue weighted by atomic mass is 32.2. The zero-order chi connectivity index (χ0) is 28.7. The predicted molar refractivity (Wildman–Crippen MR) is 146 cm³/mol. The molecule has 4 atom stereocenters.